The average molecular weight is 479 g/mol. The van der Waals surface area contributed by atoms with Gasteiger partial charge in [0.25, 0.3) is 0 Å². The Morgan fingerprint density at radius 2 is 1.69 bits per heavy atom. The van der Waals surface area contributed by atoms with E-state index >= 15 is 0 Å². The zero-order valence-corrected chi connectivity index (χ0v) is 20.5. The molecule has 2 aromatic carbocycles. The maximum absolute atomic E-state index is 13.4. The lowest BCUT2D eigenvalue weighted by atomic mass is 10.0. The van der Waals surface area contributed by atoms with Crippen LogP contribution in [-0.2, 0) is 32.0 Å². The largest absolute Gasteiger partial charge is 0.464 e. The van der Waals surface area contributed by atoms with E-state index in [1.807, 2.05) is 60.8 Å². The molecule has 1 aromatic heterocycles. The molecule has 0 spiro atoms. The molecule has 0 saturated heterocycles. The van der Waals surface area contributed by atoms with Gasteiger partial charge >= 0.3 is 5.97 Å². The summed E-state index contributed by atoms with van der Waals surface area (Å²) in [5, 5.41) is 6.53. The van der Waals surface area contributed by atoms with Crippen molar-refractivity contribution in [3.63, 3.8) is 0 Å². The van der Waals surface area contributed by atoms with E-state index in [1.165, 1.54) is 0 Å². The van der Waals surface area contributed by atoms with Crippen LogP contribution < -0.4 is 16.4 Å². The van der Waals surface area contributed by atoms with E-state index in [0.717, 1.165) is 22.0 Å². The first-order valence-corrected chi connectivity index (χ1v) is 11.8. The SMILES string of the molecule is CCOC(=O)[C@H](CCc1ccccc1)NC(=O)[C@@H](Cc1c[nH]c2ccccc12)NC(=O)C(C)(C)N. The highest BCUT2D eigenvalue weighted by atomic mass is 16.5. The number of benzene rings is 2. The number of H-pyrrole nitrogens is 1. The number of carbonyl (C=O) groups excluding carboxylic acids is 3. The normalized spacial score (nSPS) is 13.1. The number of nitrogens with two attached hydrogens (primary N) is 1. The number of rotatable bonds is 11. The number of amides is 2. The first kappa shape index (κ1) is 26.0. The van der Waals surface area contributed by atoms with E-state index in [2.05, 4.69) is 15.6 Å². The number of fused-ring (bicyclic) bond motifs is 1. The van der Waals surface area contributed by atoms with Crippen LogP contribution in [0.2, 0.25) is 0 Å². The number of hydrogen-bond acceptors (Lipinski definition) is 5. The van der Waals surface area contributed by atoms with E-state index in [9.17, 15) is 14.4 Å². The molecule has 0 aliphatic carbocycles. The molecule has 0 aliphatic heterocycles. The monoisotopic (exact) mass is 478 g/mol. The Kier molecular flexibility index (Phi) is 8.65. The van der Waals surface area contributed by atoms with Crippen LogP contribution in [0.5, 0.6) is 0 Å². The van der Waals surface area contributed by atoms with Gasteiger partial charge in [-0.05, 0) is 50.8 Å². The van der Waals surface area contributed by atoms with Crippen molar-refractivity contribution in [3.05, 3.63) is 71.9 Å². The van der Waals surface area contributed by atoms with E-state index in [1.54, 1.807) is 20.8 Å². The predicted molar refractivity (Wildman–Crippen MR) is 136 cm³/mol. The fourth-order valence-corrected chi connectivity index (χ4v) is 3.79. The van der Waals surface area contributed by atoms with Gasteiger partial charge in [0.2, 0.25) is 11.8 Å². The van der Waals surface area contributed by atoms with Gasteiger partial charge in [-0.1, -0.05) is 48.5 Å². The van der Waals surface area contributed by atoms with Gasteiger partial charge in [0.05, 0.1) is 12.1 Å². The lowest BCUT2D eigenvalue weighted by Crippen LogP contribution is -2.58. The minimum Gasteiger partial charge on any atom is -0.464 e. The summed E-state index contributed by atoms with van der Waals surface area (Å²) in [7, 11) is 0. The number of para-hydroxylation sites is 1. The molecule has 1 heterocycles. The Labute approximate surface area is 205 Å². The summed E-state index contributed by atoms with van der Waals surface area (Å²) in [4.78, 5) is 41.9. The van der Waals surface area contributed by atoms with Gasteiger partial charge in [0.15, 0.2) is 0 Å². The quantitative estimate of drug-likeness (QED) is 0.315. The molecule has 3 aromatic rings. The summed E-state index contributed by atoms with van der Waals surface area (Å²) in [6, 6.07) is 15.6. The van der Waals surface area contributed by atoms with Crippen molar-refractivity contribution in [2.24, 2.45) is 5.73 Å². The third-order valence-electron chi connectivity index (χ3n) is 5.76. The Balaban J connectivity index is 1.81. The number of aromatic nitrogens is 1. The van der Waals surface area contributed by atoms with E-state index in [-0.39, 0.29) is 13.0 Å². The lowest BCUT2D eigenvalue weighted by molar-refractivity contribution is -0.147. The van der Waals surface area contributed by atoms with Crippen molar-refractivity contribution < 1.29 is 19.1 Å². The average Bonchev–Trinajstić information content (AvgIpc) is 3.24. The minimum absolute atomic E-state index is 0.202. The summed E-state index contributed by atoms with van der Waals surface area (Å²) in [6.45, 7) is 5.07. The van der Waals surface area contributed by atoms with Crippen LogP contribution >= 0.6 is 0 Å². The van der Waals surface area contributed by atoms with Crippen LogP contribution in [0.4, 0.5) is 0 Å². The molecule has 186 valence electrons. The maximum atomic E-state index is 13.4. The van der Waals surface area contributed by atoms with Gasteiger partial charge in [-0.2, -0.15) is 0 Å². The second-order valence-corrected chi connectivity index (χ2v) is 9.15. The molecule has 0 fully saturated rings. The number of aryl methyl sites for hydroxylation is 1. The van der Waals surface area contributed by atoms with Gasteiger partial charge in [0, 0.05) is 23.5 Å². The first-order valence-electron chi connectivity index (χ1n) is 11.8. The predicted octanol–water partition coefficient (Wildman–Crippen LogP) is 2.61. The van der Waals surface area contributed by atoms with Crippen molar-refractivity contribution in [1.82, 2.24) is 15.6 Å². The van der Waals surface area contributed by atoms with Crippen molar-refractivity contribution >= 4 is 28.7 Å². The molecule has 2 amide bonds. The highest BCUT2D eigenvalue weighted by Crippen LogP contribution is 2.19. The van der Waals surface area contributed by atoms with Crippen LogP contribution in [0.1, 0.15) is 38.3 Å². The Morgan fingerprint density at radius 3 is 2.37 bits per heavy atom. The summed E-state index contributed by atoms with van der Waals surface area (Å²) in [6.07, 6.45) is 3.00. The third kappa shape index (κ3) is 7.16. The van der Waals surface area contributed by atoms with E-state index in [4.69, 9.17) is 10.5 Å². The molecule has 0 bridgehead atoms. The lowest BCUT2D eigenvalue weighted by Gasteiger charge is -2.26. The minimum atomic E-state index is -1.17. The van der Waals surface area contributed by atoms with Gasteiger partial charge in [-0.15, -0.1) is 0 Å². The number of carbonyl (C=O) groups is 3. The second kappa shape index (κ2) is 11.7. The summed E-state index contributed by atoms with van der Waals surface area (Å²) >= 11 is 0. The molecule has 3 rings (SSSR count). The smallest absolute Gasteiger partial charge is 0.328 e. The standard InChI is InChI=1S/C27H34N4O4/c1-4-35-25(33)22(15-14-18-10-6-5-7-11-18)30-24(32)23(31-26(34)27(2,3)28)16-19-17-29-21-13-9-8-12-20(19)21/h5-13,17,22-23,29H,4,14-16,28H2,1-3H3,(H,30,32)(H,31,34)/t22-,23+/m0/s1. The van der Waals surface area contributed by atoms with Crippen molar-refractivity contribution in [2.45, 2.75) is 57.7 Å². The topological polar surface area (TPSA) is 126 Å². The maximum Gasteiger partial charge on any atom is 0.328 e. The molecule has 0 aliphatic rings. The van der Waals surface area contributed by atoms with Crippen LogP contribution in [0, 0.1) is 0 Å². The molecular formula is C27H34N4O4. The van der Waals surface area contributed by atoms with Crippen molar-refractivity contribution in [2.75, 3.05) is 6.61 Å². The molecule has 35 heavy (non-hydrogen) atoms. The molecule has 8 nitrogen and oxygen atoms in total. The number of hydrogen-bond donors (Lipinski definition) is 4. The van der Waals surface area contributed by atoms with E-state index < -0.39 is 35.4 Å². The number of nitrogens with one attached hydrogen (secondary N) is 3. The highest BCUT2D eigenvalue weighted by molar-refractivity contribution is 5.94. The summed E-state index contributed by atoms with van der Waals surface area (Å²) < 4.78 is 5.21. The molecular weight excluding hydrogens is 444 g/mol. The van der Waals surface area contributed by atoms with Gasteiger partial charge in [-0.3, -0.25) is 9.59 Å². The van der Waals surface area contributed by atoms with Crippen LogP contribution in [0.25, 0.3) is 10.9 Å². The van der Waals surface area contributed by atoms with Crippen LogP contribution in [0.3, 0.4) is 0 Å². The second-order valence-electron chi connectivity index (χ2n) is 9.15. The fraction of sp³-hybridized carbons (Fsp3) is 0.370. The molecule has 8 heteroatoms. The van der Waals surface area contributed by atoms with E-state index in [0.29, 0.717) is 12.8 Å². The van der Waals surface area contributed by atoms with Gasteiger partial charge < -0.3 is 26.1 Å². The zero-order valence-electron chi connectivity index (χ0n) is 20.5. The molecule has 0 radical (unpaired) electrons. The molecule has 2 atom stereocenters. The highest BCUT2D eigenvalue weighted by Gasteiger charge is 2.31. The number of esters is 1. The van der Waals surface area contributed by atoms with Gasteiger partial charge in [-0.25, -0.2) is 4.79 Å². The molecule has 0 unspecified atom stereocenters. The Bertz CT molecular complexity index is 1150. The van der Waals surface area contributed by atoms with Crippen molar-refractivity contribution in [3.8, 4) is 0 Å². The first-order chi connectivity index (χ1) is 16.7. The Morgan fingerprint density at radius 1 is 1.00 bits per heavy atom. The van der Waals surface area contributed by atoms with Crippen LogP contribution in [-0.4, -0.2) is 47.0 Å². The molecule has 0 saturated carbocycles. The molecule has 5 N–H and O–H groups in total. The number of aromatic amines is 1. The summed E-state index contributed by atoms with van der Waals surface area (Å²) in [5.41, 5.74) is 7.64. The van der Waals surface area contributed by atoms with Crippen molar-refractivity contribution in [1.29, 1.82) is 0 Å². The zero-order chi connectivity index (χ0) is 25.4. The van der Waals surface area contributed by atoms with Crippen LogP contribution in [0.15, 0.2) is 60.8 Å². The summed E-state index contributed by atoms with van der Waals surface area (Å²) in [5.74, 6) is -1.44. The third-order valence-corrected chi connectivity index (χ3v) is 5.76. The van der Waals surface area contributed by atoms with Gasteiger partial charge in [0.1, 0.15) is 12.1 Å². The number of ether oxygens (including phenoxy) is 1. The Hall–Kier alpha value is -3.65. The fourth-order valence-electron chi connectivity index (χ4n) is 3.79.